The maximum Gasteiger partial charge on any atom is 0.257 e. The molecule has 0 heterocycles. The van der Waals surface area contributed by atoms with Crippen molar-refractivity contribution in [3.63, 3.8) is 0 Å². The number of amides is 1. The van der Waals surface area contributed by atoms with Gasteiger partial charge in [-0.05, 0) is 80.2 Å². The third kappa shape index (κ3) is 3.51. The summed E-state index contributed by atoms with van der Waals surface area (Å²) in [6, 6.07) is 9.09. The van der Waals surface area contributed by atoms with E-state index in [0.717, 1.165) is 30.7 Å². The Labute approximate surface area is 149 Å². The van der Waals surface area contributed by atoms with E-state index in [9.17, 15) is 4.79 Å². The van der Waals surface area contributed by atoms with Crippen molar-refractivity contribution in [2.24, 2.45) is 23.2 Å². The van der Waals surface area contributed by atoms with Gasteiger partial charge in [0.2, 0.25) is 0 Å². The summed E-state index contributed by atoms with van der Waals surface area (Å²) in [4.78, 5) is 12.1. The second-order valence-electron chi connectivity index (χ2n) is 8.41. The Morgan fingerprint density at radius 3 is 2.44 bits per heavy atom. The Kier molecular flexibility index (Phi) is 4.41. The van der Waals surface area contributed by atoms with Gasteiger partial charge in [-0.15, -0.1) is 0 Å². The zero-order valence-corrected chi connectivity index (χ0v) is 14.7. The molecule has 1 N–H and O–H groups in total. The van der Waals surface area contributed by atoms with Crippen LogP contribution < -0.4 is 10.1 Å². The van der Waals surface area contributed by atoms with Gasteiger partial charge in [0.15, 0.2) is 6.61 Å². The molecule has 25 heavy (non-hydrogen) atoms. The fraction of sp³-hybridized carbons (Fsp3) is 0.619. The van der Waals surface area contributed by atoms with Gasteiger partial charge in [0, 0.05) is 6.54 Å². The van der Waals surface area contributed by atoms with E-state index in [4.69, 9.17) is 10.00 Å². The normalized spacial score (nSPS) is 32.2. The molecular weight excluding hydrogens is 312 g/mol. The van der Waals surface area contributed by atoms with Crippen molar-refractivity contribution < 1.29 is 9.53 Å². The molecule has 4 aliphatic carbocycles. The van der Waals surface area contributed by atoms with Crippen LogP contribution in [0.25, 0.3) is 0 Å². The molecule has 0 radical (unpaired) electrons. The van der Waals surface area contributed by atoms with Gasteiger partial charge < -0.3 is 10.1 Å². The van der Waals surface area contributed by atoms with Crippen LogP contribution in [-0.4, -0.2) is 19.1 Å². The Morgan fingerprint density at radius 1 is 1.16 bits per heavy atom. The summed E-state index contributed by atoms with van der Waals surface area (Å²) in [5.41, 5.74) is 0.958. The average Bonchev–Trinajstić information content (AvgIpc) is 2.59. The molecule has 0 aliphatic heterocycles. The van der Waals surface area contributed by atoms with Crippen LogP contribution in [0.5, 0.6) is 5.75 Å². The number of rotatable bonds is 6. The predicted octanol–water partition coefficient (Wildman–Crippen LogP) is 3.66. The Morgan fingerprint density at radius 2 is 1.80 bits per heavy atom. The smallest absolute Gasteiger partial charge is 0.257 e. The number of ether oxygens (including phenoxy) is 1. The first-order chi connectivity index (χ1) is 12.2. The van der Waals surface area contributed by atoms with Gasteiger partial charge in [-0.3, -0.25) is 4.79 Å². The molecular formula is C21H26N2O2. The highest BCUT2D eigenvalue weighted by Crippen LogP contribution is 2.61. The van der Waals surface area contributed by atoms with E-state index >= 15 is 0 Å². The molecule has 0 saturated heterocycles. The molecule has 1 aromatic carbocycles. The van der Waals surface area contributed by atoms with Crippen LogP contribution in [-0.2, 0) is 4.79 Å². The van der Waals surface area contributed by atoms with Gasteiger partial charge in [0.25, 0.3) is 5.91 Å². The molecule has 132 valence electrons. The number of nitriles is 1. The van der Waals surface area contributed by atoms with E-state index in [2.05, 4.69) is 11.4 Å². The lowest BCUT2D eigenvalue weighted by molar-refractivity contribution is -0.123. The summed E-state index contributed by atoms with van der Waals surface area (Å²) >= 11 is 0. The highest BCUT2D eigenvalue weighted by molar-refractivity contribution is 5.77. The standard InChI is InChI=1S/C21H26N2O2/c22-13-18-3-1-2-4-19(18)25-14-20(24)23-6-5-21-10-15-7-16(11-21)9-17(8-15)12-21/h1-4,15-17H,5-12,14H2,(H,23,24). The van der Waals surface area contributed by atoms with Crippen molar-refractivity contribution in [3.05, 3.63) is 29.8 Å². The number of para-hydroxylation sites is 1. The molecule has 4 fully saturated rings. The molecule has 1 aromatic rings. The largest absolute Gasteiger partial charge is 0.482 e. The number of benzene rings is 1. The summed E-state index contributed by atoms with van der Waals surface area (Å²) < 4.78 is 5.50. The van der Waals surface area contributed by atoms with Crippen LogP contribution in [0.4, 0.5) is 0 Å². The predicted molar refractivity (Wildman–Crippen MR) is 94.9 cm³/mol. The van der Waals surface area contributed by atoms with Gasteiger partial charge >= 0.3 is 0 Å². The Balaban J connectivity index is 1.24. The van der Waals surface area contributed by atoms with Crippen molar-refractivity contribution in [3.8, 4) is 11.8 Å². The SMILES string of the molecule is N#Cc1ccccc1OCC(=O)NCCC12CC3CC(CC(C3)C1)C2. The van der Waals surface area contributed by atoms with Gasteiger partial charge in [-0.2, -0.15) is 5.26 Å². The lowest BCUT2D eigenvalue weighted by Crippen LogP contribution is -2.47. The zero-order chi connectivity index (χ0) is 17.3. The van der Waals surface area contributed by atoms with Crippen molar-refractivity contribution in [1.82, 2.24) is 5.32 Å². The molecule has 4 saturated carbocycles. The second kappa shape index (κ2) is 6.71. The van der Waals surface area contributed by atoms with Crippen LogP contribution >= 0.6 is 0 Å². The highest BCUT2D eigenvalue weighted by atomic mass is 16.5. The quantitative estimate of drug-likeness (QED) is 0.861. The number of carbonyl (C=O) groups excluding carboxylic acids is 1. The average molecular weight is 338 g/mol. The second-order valence-corrected chi connectivity index (χ2v) is 8.41. The van der Waals surface area contributed by atoms with Crippen LogP contribution in [0.3, 0.4) is 0 Å². The van der Waals surface area contributed by atoms with Crippen molar-refractivity contribution in [2.45, 2.75) is 44.9 Å². The van der Waals surface area contributed by atoms with Crippen molar-refractivity contribution in [2.75, 3.05) is 13.2 Å². The summed E-state index contributed by atoms with van der Waals surface area (Å²) in [6.07, 6.45) is 9.60. The fourth-order valence-electron chi connectivity index (χ4n) is 5.94. The number of carbonyl (C=O) groups is 1. The molecule has 5 rings (SSSR count). The van der Waals surface area contributed by atoms with Crippen molar-refractivity contribution in [1.29, 1.82) is 5.26 Å². The van der Waals surface area contributed by atoms with E-state index in [1.165, 1.54) is 38.5 Å². The lowest BCUT2D eigenvalue weighted by Gasteiger charge is -2.57. The molecule has 4 bridgehead atoms. The van der Waals surface area contributed by atoms with Crippen molar-refractivity contribution >= 4 is 5.91 Å². The Bertz CT molecular complexity index is 656. The molecule has 0 atom stereocenters. The number of hydrogen-bond donors (Lipinski definition) is 1. The minimum atomic E-state index is -0.0996. The van der Waals surface area contributed by atoms with Crippen LogP contribution in [0.2, 0.25) is 0 Å². The fourth-order valence-corrected chi connectivity index (χ4v) is 5.94. The molecule has 0 aromatic heterocycles. The summed E-state index contributed by atoms with van der Waals surface area (Å²) in [6.45, 7) is 0.716. The molecule has 0 spiro atoms. The minimum absolute atomic E-state index is 0.0282. The molecule has 0 unspecified atom stereocenters. The van der Waals surface area contributed by atoms with Crippen LogP contribution in [0, 0.1) is 34.5 Å². The summed E-state index contributed by atoms with van der Waals surface area (Å²) in [5.74, 6) is 3.23. The third-order valence-electron chi connectivity index (χ3n) is 6.51. The molecule has 4 heteroatoms. The lowest BCUT2D eigenvalue weighted by atomic mass is 9.49. The van der Waals surface area contributed by atoms with E-state index in [0.29, 0.717) is 16.7 Å². The topological polar surface area (TPSA) is 62.1 Å². The number of nitrogens with one attached hydrogen (secondary N) is 1. The molecule has 4 nitrogen and oxygen atoms in total. The maximum absolute atomic E-state index is 12.1. The van der Waals surface area contributed by atoms with Crippen LogP contribution in [0.15, 0.2) is 24.3 Å². The van der Waals surface area contributed by atoms with E-state index in [1.54, 1.807) is 24.3 Å². The van der Waals surface area contributed by atoms with E-state index in [1.807, 2.05) is 0 Å². The van der Waals surface area contributed by atoms with Gasteiger partial charge in [0.1, 0.15) is 11.8 Å². The first kappa shape index (κ1) is 16.4. The van der Waals surface area contributed by atoms with E-state index in [-0.39, 0.29) is 12.5 Å². The minimum Gasteiger partial charge on any atom is -0.482 e. The monoisotopic (exact) mass is 338 g/mol. The molecule has 1 amide bonds. The number of nitrogens with zero attached hydrogens (tertiary/aromatic N) is 1. The molecule has 4 aliphatic rings. The van der Waals surface area contributed by atoms with E-state index < -0.39 is 0 Å². The Hall–Kier alpha value is -2.02. The summed E-state index contributed by atoms with van der Waals surface area (Å²) in [5, 5.41) is 12.1. The number of hydrogen-bond acceptors (Lipinski definition) is 3. The van der Waals surface area contributed by atoms with Gasteiger partial charge in [-0.25, -0.2) is 0 Å². The zero-order valence-electron chi connectivity index (χ0n) is 14.7. The first-order valence-electron chi connectivity index (χ1n) is 9.54. The van der Waals surface area contributed by atoms with Gasteiger partial charge in [0.05, 0.1) is 5.56 Å². The highest BCUT2D eigenvalue weighted by Gasteiger charge is 2.50. The third-order valence-corrected chi connectivity index (χ3v) is 6.51. The van der Waals surface area contributed by atoms with Crippen LogP contribution in [0.1, 0.15) is 50.5 Å². The van der Waals surface area contributed by atoms with Gasteiger partial charge in [-0.1, -0.05) is 12.1 Å². The summed E-state index contributed by atoms with van der Waals surface area (Å²) in [7, 11) is 0. The maximum atomic E-state index is 12.1. The first-order valence-corrected chi connectivity index (χ1v) is 9.54.